The summed E-state index contributed by atoms with van der Waals surface area (Å²) >= 11 is 0. The third-order valence-electron chi connectivity index (χ3n) is 4.69. The Morgan fingerprint density at radius 3 is 1.92 bits per heavy atom. The lowest BCUT2D eigenvalue weighted by atomic mass is 9.74. The van der Waals surface area contributed by atoms with Crippen LogP contribution in [0.3, 0.4) is 0 Å². The molecule has 0 N–H and O–H groups in total. The molecule has 4 heteroatoms. The van der Waals surface area contributed by atoms with E-state index in [9.17, 15) is 4.79 Å². The predicted octanol–water partition coefficient (Wildman–Crippen LogP) is 5.22. The van der Waals surface area contributed by atoms with Crippen molar-refractivity contribution in [2.24, 2.45) is 5.92 Å². The Hall–Kier alpha value is -1.84. The third kappa shape index (κ3) is 4.46. The van der Waals surface area contributed by atoms with E-state index in [1.165, 1.54) is 0 Å². The van der Waals surface area contributed by atoms with Gasteiger partial charge in [0.15, 0.2) is 5.60 Å². The van der Waals surface area contributed by atoms with Crippen LogP contribution in [0.2, 0.25) is 0 Å². The minimum atomic E-state index is -0.765. The highest BCUT2D eigenvalue weighted by molar-refractivity contribution is 5.85. The number of ether oxygens (including phenoxy) is 1. The van der Waals surface area contributed by atoms with Crippen molar-refractivity contribution in [1.82, 2.24) is 4.90 Å². The van der Waals surface area contributed by atoms with Gasteiger partial charge in [0.25, 0.3) is 0 Å². The van der Waals surface area contributed by atoms with Crippen LogP contribution in [-0.4, -0.2) is 25.0 Å². The zero-order chi connectivity index (χ0) is 18.4. The highest BCUT2D eigenvalue weighted by Crippen LogP contribution is 2.47. The van der Waals surface area contributed by atoms with Crippen molar-refractivity contribution < 1.29 is 9.53 Å². The standard InChI is InChI=1S/C22H29NO2.ClH/c1-6-20(24)25-22(17(2)3,19-15-11-8-12-16-19)21(23(4)5)18-13-9-7-10-14-18;/h7-17,21H,6H2,1-5H3;1H. The molecule has 0 saturated heterocycles. The fourth-order valence-electron chi connectivity index (χ4n) is 3.56. The summed E-state index contributed by atoms with van der Waals surface area (Å²) in [6.07, 6.45) is 0.357. The summed E-state index contributed by atoms with van der Waals surface area (Å²) in [4.78, 5) is 14.6. The number of halogens is 1. The van der Waals surface area contributed by atoms with Crippen LogP contribution in [0.4, 0.5) is 0 Å². The Kier molecular flexibility index (Phi) is 8.32. The molecule has 0 aliphatic heterocycles. The fraction of sp³-hybridized carbons (Fsp3) is 0.409. The van der Waals surface area contributed by atoms with E-state index in [1.54, 1.807) is 0 Å². The van der Waals surface area contributed by atoms with Crippen molar-refractivity contribution in [2.45, 2.75) is 38.8 Å². The Morgan fingerprint density at radius 1 is 1.00 bits per heavy atom. The highest BCUT2D eigenvalue weighted by Gasteiger charge is 2.48. The van der Waals surface area contributed by atoms with Crippen molar-refractivity contribution in [3.63, 3.8) is 0 Å². The number of carbonyl (C=O) groups excluding carboxylic acids is 1. The molecule has 3 nitrogen and oxygen atoms in total. The van der Waals surface area contributed by atoms with Gasteiger partial charge in [-0.25, -0.2) is 0 Å². The number of benzene rings is 2. The van der Waals surface area contributed by atoms with Crippen molar-refractivity contribution >= 4 is 18.4 Å². The summed E-state index contributed by atoms with van der Waals surface area (Å²) < 4.78 is 6.23. The van der Waals surface area contributed by atoms with E-state index in [2.05, 4.69) is 43.0 Å². The van der Waals surface area contributed by atoms with Gasteiger partial charge < -0.3 is 4.74 Å². The van der Waals surface area contributed by atoms with E-state index in [0.29, 0.717) is 6.42 Å². The molecular formula is C22H30ClNO2. The maximum Gasteiger partial charge on any atom is 0.306 e. The second-order valence-corrected chi connectivity index (χ2v) is 6.92. The van der Waals surface area contributed by atoms with Crippen molar-refractivity contribution in [3.8, 4) is 0 Å². The molecule has 2 atom stereocenters. The number of hydrogen-bond donors (Lipinski definition) is 0. The van der Waals surface area contributed by atoms with E-state index in [0.717, 1.165) is 11.1 Å². The number of carbonyl (C=O) groups is 1. The molecule has 0 aromatic heterocycles. The molecule has 0 radical (unpaired) electrons. The molecule has 142 valence electrons. The molecule has 0 fully saturated rings. The maximum atomic E-state index is 12.4. The Labute approximate surface area is 163 Å². The molecule has 0 amide bonds. The van der Waals surface area contributed by atoms with Gasteiger partial charge in [0.1, 0.15) is 0 Å². The molecule has 0 aliphatic rings. The maximum absolute atomic E-state index is 12.4. The first-order chi connectivity index (χ1) is 11.9. The summed E-state index contributed by atoms with van der Waals surface area (Å²) in [7, 11) is 4.08. The quantitative estimate of drug-likeness (QED) is 0.621. The van der Waals surface area contributed by atoms with Gasteiger partial charge in [-0.05, 0) is 31.1 Å². The van der Waals surface area contributed by atoms with E-state index in [1.807, 2.05) is 57.4 Å². The zero-order valence-electron chi connectivity index (χ0n) is 16.3. The molecule has 2 rings (SSSR count). The van der Waals surface area contributed by atoms with Gasteiger partial charge in [-0.15, -0.1) is 12.4 Å². The van der Waals surface area contributed by atoms with Gasteiger partial charge in [-0.1, -0.05) is 81.4 Å². The lowest BCUT2D eigenvalue weighted by molar-refractivity contribution is -0.178. The fourth-order valence-corrected chi connectivity index (χ4v) is 3.56. The number of hydrogen-bond acceptors (Lipinski definition) is 3. The van der Waals surface area contributed by atoms with E-state index in [-0.39, 0.29) is 30.3 Å². The topological polar surface area (TPSA) is 29.5 Å². The van der Waals surface area contributed by atoms with Crippen LogP contribution >= 0.6 is 12.4 Å². The van der Waals surface area contributed by atoms with E-state index in [4.69, 9.17) is 4.74 Å². The molecule has 2 unspecified atom stereocenters. The average Bonchev–Trinajstić information content (AvgIpc) is 2.62. The minimum Gasteiger partial charge on any atom is -0.452 e. The molecule has 26 heavy (non-hydrogen) atoms. The molecule has 0 saturated carbocycles. The first kappa shape index (κ1) is 22.2. The molecule has 2 aromatic rings. The summed E-state index contributed by atoms with van der Waals surface area (Å²) in [5.41, 5.74) is 1.39. The van der Waals surface area contributed by atoms with Gasteiger partial charge >= 0.3 is 5.97 Å². The predicted molar refractivity (Wildman–Crippen MR) is 109 cm³/mol. The average molecular weight is 376 g/mol. The second kappa shape index (κ2) is 9.75. The summed E-state index contributed by atoms with van der Waals surface area (Å²) in [5.74, 6) is -0.0849. The number of nitrogens with zero attached hydrogens (tertiary/aromatic N) is 1. The van der Waals surface area contributed by atoms with Crippen LogP contribution < -0.4 is 0 Å². The third-order valence-corrected chi connectivity index (χ3v) is 4.69. The van der Waals surface area contributed by atoms with Crippen LogP contribution in [0.5, 0.6) is 0 Å². The lowest BCUT2D eigenvalue weighted by Crippen LogP contribution is -2.48. The zero-order valence-corrected chi connectivity index (χ0v) is 17.1. The van der Waals surface area contributed by atoms with Crippen molar-refractivity contribution in [1.29, 1.82) is 0 Å². The summed E-state index contributed by atoms with van der Waals surface area (Å²) in [6, 6.07) is 20.3. The first-order valence-electron chi connectivity index (χ1n) is 8.92. The van der Waals surface area contributed by atoms with Crippen molar-refractivity contribution in [2.75, 3.05) is 14.1 Å². The molecular weight excluding hydrogens is 346 g/mol. The van der Waals surface area contributed by atoms with E-state index < -0.39 is 5.60 Å². The highest BCUT2D eigenvalue weighted by atomic mass is 35.5. The molecule has 0 heterocycles. The van der Waals surface area contributed by atoms with Gasteiger partial charge in [0.2, 0.25) is 0 Å². The Morgan fingerprint density at radius 2 is 1.50 bits per heavy atom. The molecule has 0 bridgehead atoms. The van der Waals surface area contributed by atoms with Gasteiger partial charge in [0.05, 0.1) is 6.04 Å². The Balaban J connectivity index is 0.00000338. The monoisotopic (exact) mass is 375 g/mol. The SMILES string of the molecule is CCC(=O)OC(c1ccccc1)(C(C)C)C(c1ccccc1)N(C)C.Cl. The molecule has 0 aliphatic carbocycles. The lowest BCUT2D eigenvalue weighted by Gasteiger charge is -2.46. The van der Waals surface area contributed by atoms with Gasteiger partial charge in [-0.2, -0.15) is 0 Å². The van der Waals surface area contributed by atoms with Gasteiger partial charge in [0, 0.05) is 6.42 Å². The number of esters is 1. The largest absolute Gasteiger partial charge is 0.452 e. The normalized spacial score (nSPS) is 14.4. The van der Waals surface area contributed by atoms with Crippen LogP contribution in [0.15, 0.2) is 60.7 Å². The van der Waals surface area contributed by atoms with Crippen LogP contribution in [-0.2, 0) is 15.1 Å². The first-order valence-corrected chi connectivity index (χ1v) is 8.92. The summed E-state index contributed by atoms with van der Waals surface area (Å²) in [5, 5.41) is 0. The van der Waals surface area contributed by atoms with Gasteiger partial charge in [-0.3, -0.25) is 9.69 Å². The van der Waals surface area contributed by atoms with E-state index >= 15 is 0 Å². The van der Waals surface area contributed by atoms with Crippen molar-refractivity contribution in [3.05, 3.63) is 71.8 Å². The van der Waals surface area contributed by atoms with Crippen LogP contribution in [0, 0.1) is 5.92 Å². The number of rotatable bonds is 7. The molecule has 2 aromatic carbocycles. The van der Waals surface area contributed by atoms with Crippen LogP contribution in [0.25, 0.3) is 0 Å². The second-order valence-electron chi connectivity index (χ2n) is 6.92. The van der Waals surface area contributed by atoms with Crippen LogP contribution in [0.1, 0.15) is 44.4 Å². The Bertz CT molecular complexity index is 673. The number of likely N-dealkylation sites (N-methyl/N-ethyl adjacent to an activating group) is 1. The summed E-state index contributed by atoms with van der Waals surface area (Å²) in [6.45, 7) is 6.08. The smallest absolute Gasteiger partial charge is 0.306 e. The molecule has 0 spiro atoms. The minimum absolute atomic E-state index is 0.